The van der Waals surface area contributed by atoms with Crippen LogP contribution in [-0.2, 0) is 0 Å². The lowest BCUT2D eigenvalue weighted by Gasteiger charge is -2.10. The molecule has 0 amide bonds. The Morgan fingerprint density at radius 3 is 2.89 bits per heavy atom. The molecule has 2 rings (SSSR count). The molecule has 0 spiro atoms. The number of aliphatic imine (C=N–C) groups is 1. The molecule has 1 aromatic rings. The van der Waals surface area contributed by atoms with E-state index in [9.17, 15) is 4.39 Å². The second-order valence-electron chi connectivity index (χ2n) is 4.36. The Bertz CT molecular complexity index is 462. The average molecular weight is 375 g/mol. The van der Waals surface area contributed by atoms with Gasteiger partial charge in [-0.15, -0.1) is 30.6 Å². The van der Waals surface area contributed by atoms with Crippen LogP contribution in [0.1, 0.15) is 17.9 Å². The molecule has 19 heavy (non-hydrogen) atoms. The fourth-order valence-electron chi connectivity index (χ4n) is 2.01. The van der Waals surface area contributed by atoms with Gasteiger partial charge in [0.1, 0.15) is 5.82 Å². The Kier molecular flexibility index (Phi) is 6.27. The number of hydrogen-bond donors (Lipinski definition) is 2. The molecular formula is C14H19FIN3. The minimum Gasteiger partial charge on any atom is -0.353 e. The first-order chi connectivity index (χ1) is 8.76. The van der Waals surface area contributed by atoms with E-state index in [1.54, 1.807) is 19.2 Å². The molecule has 0 saturated heterocycles. The van der Waals surface area contributed by atoms with E-state index in [-0.39, 0.29) is 41.8 Å². The second kappa shape index (κ2) is 7.47. The zero-order valence-corrected chi connectivity index (χ0v) is 13.2. The van der Waals surface area contributed by atoms with E-state index in [2.05, 4.69) is 22.2 Å². The number of rotatable bonds is 4. The molecule has 1 saturated carbocycles. The van der Waals surface area contributed by atoms with Gasteiger partial charge in [-0.25, -0.2) is 4.39 Å². The van der Waals surface area contributed by atoms with Gasteiger partial charge in [0, 0.05) is 25.6 Å². The summed E-state index contributed by atoms with van der Waals surface area (Å²) in [6.07, 6.45) is 2.71. The van der Waals surface area contributed by atoms with Crippen molar-refractivity contribution in [3.8, 4) is 0 Å². The van der Waals surface area contributed by atoms with Crippen molar-refractivity contribution in [2.45, 2.75) is 18.4 Å². The maximum Gasteiger partial charge on any atom is 0.191 e. The summed E-state index contributed by atoms with van der Waals surface area (Å²) in [6, 6.07) is 7.21. The van der Waals surface area contributed by atoms with Crippen molar-refractivity contribution < 1.29 is 4.39 Å². The molecule has 0 radical (unpaired) electrons. The molecule has 3 nitrogen and oxygen atoms in total. The van der Waals surface area contributed by atoms with E-state index in [4.69, 9.17) is 0 Å². The van der Waals surface area contributed by atoms with Crippen LogP contribution in [0.2, 0.25) is 0 Å². The van der Waals surface area contributed by atoms with Crippen LogP contribution in [0.5, 0.6) is 0 Å². The van der Waals surface area contributed by atoms with Crippen LogP contribution in [0, 0.1) is 5.82 Å². The first kappa shape index (κ1) is 15.9. The van der Waals surface area contributed by atoms with Crippen LogP contribution in [-0.4, -0.2) is 25.6 Å². The standard InChI is InChI=1S/C14H18FN3.HI/c1-3-8-17-14(16-2)18-13-9-11(13)10-6-4-5-7-12(10)15;/h3-7,11,13H,1,8-9H2,2H3,(H2,16,17,18);1H. The summed E-state index contributed by atoms with van der Waals surface area (Å²) in [5.74, 6) is 0.855. The molecule has 1 aliphatic rings. The smallest absolute Gasteiger partial charge is 0.191 e. The van der Waals surface area contributed by atoms with E-state index in [1.807, 2.05) is 12.1 Å². The van der Waals surface area contributed by atoms with Gasteiger partial charge < -0.3 is 10.6 Å². The third-order valence-corrected chi connectivity index (χ3v) is 3.05. The summed E-state index contributed by atoms with van der Waals surface area (Å²) < 4.78 is 13.6. The van der Waals surface area contributed by atoms with E-state index in [0.717, 1.165) is 17.9 Å². The van der Waals surface area contributed by atoms with Gasteiger partial charge in [0.15, 0.2) is 5.96 Å². The largest absolute Gasteiger partial charge is 0.353 e. The lowest BCUT2D eigenvalue weighted by atomic mass is 10.1. The third kappa shape index (κ3) is 4.19. The summed E-state index contributed by atoms with van der Waals surface area (Å²) in [6.45, 7) is 4.30. The number of nitrogens with one attached hydrogen (secondary N) is 2. The van der Waals surface area contributed by atoms with Crippen molar-refractivity contribution in [2.24, 2.45) is 4.99 Å². The Morgan fingerprint density at radius 1 is 1.53 bits per heavy atom. The molecule has 0 heterocycles. The van der Waals surface area contributed by atoms with Gasteiger partial charge in [-0.1, -0.05) is 24.3 Å². The van der Waals surface area contributed by atoms with Crippen LogP contribution < -0.4 is 10.6 Å². The van der Waals surface area contributed by atoms with Crippen molar-refractivity contribution in [2.75, 3.05) is 13.6 Å². The van der Waals surface area contributed by atoms with Crippen LogP contribution in [0.15, 0.2) is 41.9 Å². The highest BCUT2D eigenvalue weighted by Crippen LogP contribution is 2.41. The van der Waals surface area contributed by atoms with Gasteiger partial charge in [0.2, 0.25) is 0 Å². The Morgan fingerprint density at radius 2 is 2.26 bits per heavy atom. The zero-order chi connectivity index (χ0) is 13.0. The third-order valence-electron chi connectivity index (χ3n) is 3.05. The summed E-state index contributed by atoms with van der Waals surface area (Å²) in [5, 5.41) is 6.38. The summed E-state index contributed by atoms with van der Waals surface area (Å²) >= 11 is 0. The molecule has 2 unspecified atom stereocenters. The van der Waals surface area contributed by atoms with E-state index < -0.39 is 0 Å². The minimum absolute atomic E-state index is 0. The van der Waals surface area contributed by atoms with Gasteiger partial charge in [-0.3, -0.25) is 4.99 Å². The fourth-order valence-corrected chi connectivity index (χ4v) is 2.01. The summed E-state index contributed by atoms with van der Waals surface area (Å²) in [4.78, 5) is 4.11. The van der Waals surface area contributed by atoms with Crippen molar-refractivity contribution in [1.29, 1.82) is 0 Å². The molecule has 0 aromatic heterocycles. The molecule has 2 atom stereocenters. The van der Waals surface area contributed by atoms with E-state index in [0.29, 0.717) is 6.54 Å². The number of guanidine groups is 1. The van der Waals surface area contributed by atoms with Gasteiger partial charge in [-0.2, -0.15) is 0 Å². The van der Waals surface area contributed by atoms with Crippen LogP contribution >= 0.6 is 24.0 Å². The van der Waals surface area contributed by atoms with Crippen LogP contribution in [0.3, 0.4) is 0 Å². The monoisotopic (exact) mass is 375 g/mol. The highest BCUT2D eigenvalue weighted by molar-refractivity contribution is 14.0. The Balaban J connectivity index is 0.00000180. The summed E-state index contributed by atoms with van der Waals surface area (Å²) in [7, 11) is 1.72. The maximum atomic E-state index is 13.6. The van der Waals surface area contributed by atoms with Crippen LogP contribution in [0.25, 0.3) is 0 Å². The molecule has 1 fully saturated rings. The molecular weight excluding hydrogens is 356 g/mol. The first-order valence-corrected chi connectivity index (χ1v) is 6.08. The molecule has 0 aliphatic heterocycles. The van der Waals surface area contributed by atoms with Crippen molar-refractivity contribution in [1.82, 2.24) is 10.6 Å². The van der Waals surface area contributed by atoms with Gasteiger partial charge in [-0.05, 0) is 18.1 Å². The second-order valence-corrected chi connectivity index (χ2v) is 4.36. The molecule has 104 valence electrons. The molecule has 1 aliphatic carbocycles. The molecule has 5 heteroatoms. The number of hydrogen-bond acceptors (Lipinski definition) is 1. The van der Waals surface area contributed by atoms with Gasteiger partial charge in [0.25, 0.3) is 0 Å². The molecule has 0 bridgehead atoms. The van der Waals surface area contributed by atoms with E-state index in [1.165, 1.54) is 6.07 Å². The maximum absolute atomic E-state index is 13.6. The van der Waals surface area contributed by atoms with Crippen LogP contribution in [0.4, 0.5) is 4.39 Å². The Hall–Kier alpha value is -1.11. The lowest BCUT2D eigenvalue weighted by molar-refractivity contribution is 0.608. The summed E-state index contributed by atoms with van der Waals surface area (Å²) in [5.41, 5.74) is 0.786. The first-order valence-electron chi connectivity index (χ1n) is 6.08. The topological polar surface area (TPSA) is 36.4 Å². The van der Waals surface area contributed by atoms with Gasteiger partial charge in [0.05, 0.1) is 0 Å². The zero-order valence-electron chi connectivity index (χ0n) is 10.9. The molecule has 1 aromatic carbocycles. The van der Waals surface area contributed by atoms with Crippen molar-refractivity contribution >= 4 is 29.9 Å². The lowest BCUT2D eigenvalue weighted by Crippen LogP contribution is -2.39. The normalized spacial score (nSPS) is 21.3. The van der Waals surface area contributed by atoms with E-state index >= 15 is 0 Å². The predicted octanol–water partition coefficient (Wildman–Crippen LogP) is 2.65. The number of benzene rings is 1. The predicted molar refractivity (Wildman–Crippen MR) is 87.7 cm³/mol. The number of halogens is 2. The quantitative estimate of drug-likeness (QED) is 0.368. The Labute approximate surface area is 130 Å². The van der Waals surface area contributed by atoms with Crippen molar-refractivity contribution in [3.05, 3.63) is 48.3 Å². The fraction of sp³-hybridized carbons (Fsp3) is 0.357. The SMILES string of the molecule is C=CCNC(=NC)NC1CC1c1ccccc1F.I. The minimum atomic E-state index is -0.124. The highest BCUT2D eigenvalue weighted by Gasteiger charge is 2.40. The van der Waals surface area contributed by atoms with Crippen molar-refractivity contribution in [3.63, 3.8) is 0 Å². The average Bonchev–Trinajstić information content (AvgIpc) is 3.14. The highest BCUT2D eigenvalue weighted by atomic mass is 127. The van der Waals surface area contributed by atoms with Gasteiger partial charge >= 0.3 is 0 Å². The number of nitrogens with zero attached hydrogens (tertiary/aromatic N) is 1. The molecule has 2 N–H and O–H groups in total.